The number of benzene rings is 1. The lowest BCUT2D eigenvalue weighted by molar-refractivity contribution is -0.161. The molecular formula is C14H16ClF3N2O. The van der Waals surface area contributed by atoms with E-state index >= 15 is 0 Å². The summed E-state index contributed by atoms with van der Waals surface area (Å²) in [5.74, 6) is -0.515. The highest BCUT2D eigenvalue weighted by Gasteiger charge is 2.44. The normalized spacial score (nSPS) is 22.9. The van der Waals surface area contributed by atoms with Crippen LogP contribution in [0.2, 0.25) is 5.02 Å². The third-order valence-corrected chi connectivity index (χ3v) is 3.58. The Morgan fingerprint density at radius 2 is 2.10 bits per heavy atom. The highest BCUT2D eigenvalue weighted by atomic mass is 35.5. The molecule has 0 aromatic heterocycles. The van der Waals surface area contributed by atoms with E-state index in [1.165, 1.54) is 0 Å². The molecule has 0 bridgehead atoms. The Balaban J connectivity index is 2.29. The van der Waals surface area contributed by atoms with Crippen molar-refractivity contribution in [3.05, 3.63) is 34.9 Å². The van der Waals surface area contributed by atoms with Crippen LogP contribution in [0, 0.1) is 0 Å². The monoisotopic (exact) mass is 320 g/mol. The summed E-state index contributed by atoms with van der Waals surface area (Å²) in [5, 5.41) is 3.40. The number of nitrogens with zero attached hydrogens (tertiary/aromatic N) is 1. The van der Waals surface area contributed by atoms with Gasteiger partial charge in [-0.1, -0.05) is 37.1 Å². The fourth-order valence-electron chi connectivity index (χ4n) is 2.49. The van der Waals surface area contributed by atoms with Crippen LogP contribution in [0.5, 0.6) is 0 Å². The molecule has 1 fully saturated rings. The minimum Gasteiger partial charge on any atom is -0.312 e. The van der Waals surface area contributed by atoms with Crippen molar-refractivity contribution < 1.29 is 18.0 Å². The zero-order valence-corrected chi connectivity index (χ0v) is 12.2. The molecule has 1 aromatic rings. The van der Waals surface area contributed by atoms with E-state index in [9.17, 15) is 18.0 Å². The van der Waals surface area contributed by atoms with E-state index in [-0.39, 0.29) is 0 Å². The van der Waals surface area contributed by atoms with Crippen molar-refractivity contribution in [2.45, 2.75) is 38.1 Å². The van der Waals surface area contributed by atoms with Crippen molar-refractivity contribution >= 4 is 17.5 Å². The Kier molecular flexibility index (Phi) is 4.78. The van der Waals surface area contributed by atoms with Gasteiger partial charge in [0.1, 0.15) is 12.7 Å². The van der Waals surface area contributed by atoms with Gasteiger partial charge in [-0.3, -0.25) is 10.1 Å². The average molecular weight is 321 g/mol. The largest absolute Gasteiger partial charge is 0.406 e. The summed E-state index contributed by atoms with van der Waals surface area (Å²) >= 11 is 5.88. The molecule has 1 amide bonds. The SMILES string of the molecule is CCCC1NC(c2cccc(Cl)c2)N(CC(F)(F)F)C1=O. The van der Waals surface area contributed by atoms with Gasteiger partial charge in [0.15, 0.2) is 0 Å². The molecule has 0 radical (unpaired) electrons. The third-order valence-electron chi connectivity index (χ3n) is 3.34. The molecular weight excluding hydrogens is 305 g/mol. The number of amides is 1. The summed E-state index contributed by atoms with van der Waals surface area (Å²) in [6, 6.07) is 5.95. The number of carbonyl (C=O) groups excluding carboxylic acids is 1. The van der Waals surface area contributed by atoms with Gasteiger partial charge in [-0.05, 0) is 24.1 Å². The quantitative estimate of drug-likeness (QED) is 0.921. The first-order valence-corrected chi connectivity index (χ1v) is 7.08. The van der Waals surface area contributed by atoms with Crippen molar-refractivity contribution in [3.8, 4) is 0 Å². The van der Waals surface area contributed by atoms with Gasteiger partial charge in [-0.2, -0.15) is 13.2 Å². The van der Waals surface area contributed by atoms with Gasteiger partial charge < -0.3 is 4.90 Å². The van der Waals surface area contributed by atoms with E-state index in [1.807, 2.05) is 6.92 Å². The van der Waals surface area contributed by atoms with Crippen LogP contribution in [0.15, 0.2) is 24.3 Å². The van der Waals surface area contributed by atoms with Crippen LogP contribution in [0.4, 0.5) is 13.2 Å². The van der Waals surface area contributed by atoms with Gasteiger partial charge >= 0.3 is 6.18 Å². The third kappa shape index (κ3) is 3.89. The van der Waals surface area contributed by atoms with E-state index in [0.29, 0.717) is 23.4 Å². The zero-order valence-electron chi connectivity index (χ0n) is 11.5. The van der Waals surface area contributed by atoms with Crippen molar-refractivity contribution in [2.24, 2.45) is 0 Å². The number of rotatable bonds is 4. The molecule has 1 aliphatic rings. The van der Waals surface area contributed by atoms with Crippen molar-refractivity contribution in [1.29, 1.82) is 0 Å². The predicted molar refractivity (Wildman–Crippen MR) is 73.8 cm³/mol. The van der Waals surface area contributed by atoms with E-state index in [1.54, 1.807) is 24.3 Å². The Morgan fingerprint density at radius 1 is 1.38 bits per heavy atom. The Morgan fingerprint density at radius 3 is 2.67 bits per heavy atom. The molecule has 1 saturated heterocycles. The molecule has 0 saturated carbocycles. The highest BCUT2D eigenvalue weighted by Crippen LogP contribution is 2.31. The maximum absolute atomic E-state index is 12.7. The van der Waals surface area contributed by atoms with Crippen molar-refractivity contribution in [1.82, 2.24) is 10.2 Å². The lowest BCUT2D eigenvalue weighted by Gasteiger charge is -2.25. The van der Waals surface area contributed by atoms with Gasteiger partial charge in [0, 0.05) is 5.02 Å². The van der Waals surface area contributed by atoms with Crippen LogP contribution in [0.1, 0.15) is 31.5 Å². The lowest BCUT2D eigenvalue weighted by atomic mass is 10.1. The molecule has 2 rings (SSSR count). The van der Waals surface area contributed by atoms with Crippen molar-refractivity contribution in [2.75, 3.05) is 6.54 Å². The fraction of sp³-hybridized carbons (Fsp3) is 0.500. The van der Waals surface area contributed by atoms with Gasteiger partial charge in [-0.25, -0.2) is 0 Å². The molecule has 7 heteroatoms. The van der Waals surface area contributed by atoms with Gasteiger partial charge in [0.05, 0.1) is 6.04 Å². The number of carbonyl (C=O) groups is 1. The minimum absolute atomic E-state index is 0.424. The summed E-state index contributed by atoms with van der Waals surface area (Å²) in [7, 11) is 0. The first kappa shape index (κ1) is 16.1. The molecule has 0 aliphatic carbocycles. The van der Waals surface area contributed by atoms with Crippen LogP contribution in [0.25, 0.3) is 0 Å². The molecule has 1 aromatic carbocycles. The number of hydrogen-bond donors (Lipinski definition) is 1. The summed E-state index contributed by atoms with van der Waals surface area (Å²) in [6.45, 7) is 0.617. The first-order chi connectivity index (χ1) is 9.81. The first-order valence-electron chi connectivity index (χ1n) is 6.70. The Hall–Kier alpha value is -1.27. The Labute approximate surface area is 126 Å². The van der Waals surface area contributed by atoms with Crippen LogP contribution in [-0.2, 0) is 4.79 Å². The van der Waals surface area contributed by atoms with Crippen LogP contribution in [0.3, 0.4) is 0 Å². The van der Waals surface area contributed by atoms with Crippen molar-refractivity contribution in [3.63, 3.8) is 0 Å². The van der Waals surface area contributed by atoms with Crippen LogP contribution >= 0.6 is 11.6 Å². The fourth-order valence-corrected chi connectivity index (χ4v) is 2.69. The van der Waals surface area contributed by atoms with Crippen LogP contribution in [-0.4, -0.2) is 29.6 Å². The molecule has 2 atom stereocenters. The molecule has 21 heavy (non-hydrogen) atoms. The summed E-state index contributed by atoms with van der Waals surface area (Å²) in [5.41, 5.74) is 0.554. The molecule has 2 unspecified atom stereocenters. The summed E-state index contributed by atoms with van der Waals surface area (Å²) in [6.07, 6.45) is -4.01. The van der Waals surface area contributed by atoms with E-state index in [0.717, 1.165) is 4.90 Å². The zero-order chi connectivity index (χ0) is 15.6. The van der Waals surface area contributed by atoms with Gasteiger partial charge in [0.2, 0.25) is 5.91 Å². The van der Waals surface area contributed by atoms with E-state index < -0.39 is 30.8 Å². The average Bonchev–Trinajstić information content (AvgIpc) is 2.67. The number of nitrogens with one attached hydrogen (secondary N) is 1. The minimum atomic E-state index is -4.44. The van der Waals surface area contributed by atoms with Gasteiger partial charge in [-0.15, -0.1) is 0 Å². The maximum atomic E-state index is 12.7. The Bertz CT molecular complexity index is 521. The number of hydrogen-bond acceptors (Lipinski definition) is 2. The molecule has 1 N–H and O–H groups in total. The topological polar surface area (TPSA) is 32.3 Å². The van der Waals surface area contributed by atoms with Gasteiger partial charge in [0.25, 0.3) is 0 Å². The van der Waals surface area contributed by atoms with Crippen LogP contribution < -0.4 is 5.32 Å². The number of alkyl halides is 3. The molecule has 1 heterocycles. The van der Waals surface area contributed by atoms with E-state index in [2.05, 4.69) is 5.32 Å². The molecule has 0 spiro atoms. The lowest BCUT2D eigenvalue weighted by Crippen LogP contribution is -2.38. The van der Waals surface area contributed by atoms with E-state index in [4.69, 9.17) is 11.6 Å². The highest BCUT2D eigenvalue weighted by molar-refractivity contribution is 6.30. The molecule has 1 aliphatic heterocycles. The number of halogens is 4. The predicted octanol–water partition coefficient (Wildman–Crippen LogP) is 3.50. The summed E-state index contributed by atoms with van der Waals surface area (Å²) < 4.78 is 38.1. The summed E-state index contributed by atoms with van der Waals surface area (Å²) in [4.78, 5) is 13.0. The second-order valence-corrected chi connectivity index (χ2v) is 5.48. The molecule has 116 valence electrons. The second-order valence-electron chi connectivity index (χ2n) is 5.05. The smallest absolute Gasteiger partial charge is 0.312 e. The standard InChI is InChI=1S/C14H16ClF3N2O/c1-2-4-11-13(21)20(8-14(16,17)18)12(19-11)9-5-3-6-10(15)7-9/h3,5-7,11-12,19H,2,4,8H2,1H3. The second kappa shape index (κ2) is 6.23. The molecule has 3 nitrogen and oxygen atoms in total. The maximum Gasteiger partial charge on any atom is 0.406 e.